The van der Waals surface area contributed by atoms with Gasteiger partial charge in [-0.15, -0.1) is 0 Å². The van der Waals surface area contributed by atoms with E-state index in [0.717, 1.165) is 0 Å². The van der Waals surface area contributed by atoms with Crippen molar-refractivity contribution in [3.8, 4) is 11.3 Å². The SMILES string of the molecule is O=C(Nc1c(-c2ccc(F)cc2)nc2ccccn12)c1cccc(Cl)c1. The second kappa shape index (κ2) is 6.61. The Morgan fingerprint density at radius 1 is 1.04 bits per heavy atom. The van der Waals surface area contributed by atoms with E-state index in [1.54, 1.807) is 40.8 Å². The molecule has 0 saturated heterocycles. The minimum atomic E-state index is -0.331. The topological polar surface area (TPSA) is 46.4 Å². The number of hydrogen-bond acceptors (Lipinski definition) is 2. The first kappa shape index (κ1) is 16.3. The van der Waals surface area contributed by atoms with E-state index in [4.69, 9.17) is 11.6 Å². The summed E-state index contributed by atoms with van der Waals surface area (Å²) < 4.78 is 15.0. The average molecular weight is 366 g/mol. The summed E-state index contributed by atoms with van der Waals surface area (Å²) in [7, 11) is 0. The molecule has 4 rings (SSSR count). The zero-order valence-electron chi connectivity index (χ0n) is 13.5. The number of nitrogens with zero attached hydrogens (tertiary/aromatic N) is 2. The summed E-state index contributed by atoms with van der Waals surface area (Å²) in [5.74, 6) is -0.124. The van der Waals surface area contributed by atoms with Crippen molar-refractivity contribution in [2.24, 2.45) is 0 Å². The number of halogens is 2. The number of benzene rings is 2. The van der Waals surface area contributed by atoms with Gasteiger partial charge in [-0.1, -0.05) is 23.7 Å². The van der Waals surface area contributed by atoms with Gasteiger partial charge in [-0.05, 0) is 54.6 Å². The Labute approximate surface area is 153 Å². The predicted molar refractivity (Wildman–Crippen MR) is 100.0 cm³/mol. The molecule has 4 nitrogen and oxygen atoms in total. The van der Waals surface area contributed by atoms with Gasteiger partial charge in [0.2, 0.25) is 0 Å². The fourth-order valence-corrected chi connectivity index (χ4v) is 2.92. The van der Waals surface area contributed by atoms with Crippen LogP contribution in [-0.4, -0.2) is 15.3 Å². The van der Waals surface area contributed by atoms with E-state index in [2.05, 4.69) is 10.3 Å². The molecule has 1 amide bonds. The standard InChI is InChI=1S/C20H13ClFN3O/c21-15-5-3-4-14(12-15)20(26)24-19-18(13-7-9-16(22)10-8-13)23-17-6-1-2-11-25(17)19/h1-12H,(H,24,26). The smallest absolute Gasteiger partial charge is 0.256 e. The molecule has 4 aromatic rings. The van der Waals surface area contributed by atoms with Crippen molar-refractivity contribution in [3.63, 3.8) is 0 Å². The number of anilines is 1. The van der Waals surface area contributed by atoms with E-state index < -0.39 is 0 Å². The van der Waals surface area contributed by atoms with Crippen molar-refractivity contribution < 1.29 is 9.18 Å². The Bertz CT molecular complexity index is 1110. The Morgan fingerprint density at radius 3 is 2.62 bits per heavy atom. The van der Waals surface area contributed by atoms with E-state index in [1.165, 1.54) is 12.1 Å². The second-order valence-corrected chi connectivity index (χ2v) is 6.15. The van der Waals surface area contributed by atoms with Crippen LogP contribution in [0.25, 0.3) is 16.9 Å². The highest BCUT2D eigenvalue weighted by Gasteiger charge is 2.17. The lowest BCUT2D eigenvalue weighted by Gasteiger charge is -2.08. The predicted octanol–water partition coefficient (Wildman–Crippen LogP) is 5.05. The molecule has 26 heavy (non-hydrogen) atoms. The number of imidazole rings is 1. The molecule has 2 heterocycles. The maximum atomic E-state index is 13.3. The van der Waals surface area contributed by atoms with Crippen LogP contribution in [0.4, 0.5) is 10.2 Å². The zero-order valence-corrected chi connectivity index (χ0v) is 14.2. The Morgan fingerprint density at radius 2 is 1.85 bits per heavy atom. The number of rotatable bonds is 3. The molecular weight excluding hydrogens is 353 g/mol. The molecule has 0 atom stereocenters. The molecule has 0 spiro atoms. The van der Waals surface area contributed by atoms with Gasteiger partial charge < -0.3 is 5.32 Å². The first-order valence-corrected chi connectivity index (χ1v) is 8.29. The van der Waals surface area contributed by atoms with Crippen LogP contribution in [0, 0.1) is 5.82 Å². The van der Waals surface area contributed by atoms with Crippen molar-refractivity contribution in [2.45, 2.75) is 0 Å². The lowest BCUT2D eigenvalue weighted by Crippen LogP contribution is -2.14. The molecular formula is C20H13ClFN3O. The van der Waals surface area contributed by atoms with Crippen LogP contribution in [0.2, 0.25) is 5.02 Å². The van der Waals surface area contributed by atoms with Gasteiger partial charge in [-0.25, -0.2) is 9.37 Å². The molecule has 0 aliphatic rings. The number of aromatic nitrogens is 2. The summed E-state index contributed by atoms with van der Waals surface area (Å²) in [6.45, 7) is 0. The molecule has 0 bridgehead atoms. The van der Waals surface area contributed by atoms with Crippen LogP contribution in [0.1, 0.15) is 10.4 Å². The summed E-state index contributed by atoms with van der Waals surface area (Å²) in [4.78, 5) is 17.3. The van der Waals surface area contributed by atoms with Gasteiger partial charge in [-0.3, -0.25) is 9.20 Å². The van der Waals surface area contributed by atoms with Crippen LogP contribution in [-0.2, 0) is 0 Å². The quantitative estimate of drug-likeness (QED) is 0.552. The highest BCUT2D eigenvalue weighted by Crippen LogP contribution is 2.29. The molecule has 0 radical (unpaired) electrons. The second-order valence-electron chi connectivity index (χ2n) is 5.71. The van der Waals surface area contributed by atoms with Crippen molar-refractivity contribution in [1.82, 2.24) is 9.38 Å². The fraction of sp³-hybridized carbons (Fsp3) is 0. The maximum absolute atomic E-state index is 13.3. The lowest BCUT2D eigenvalue weighted by atomic mass is 10.1. The van der Waals surface area contributed by atoms with Gasteiger partial charge in [0, 0.05) is 22.3 Å². The Balaban J connectivity index is 1.81. The summed E-state index contributed by atoms with van der Waals surface area (Å²) >= 11 is 5.97. The third kappa shape index (κ3) is 3.05. The number of amides is 1. The van der Waals surface area contributed by atoms with Crippen LogP contribution in [0.15, 0.2) is 72.9 Å². The monoisotopic (exact) mass is 365 g/mol. The van der Waals surface area contributed by atoms with Crippen LogP contribution < -0.4 is 5.32 Å². The third-order valence-corrected chi connectivity index (χ3v) is 4.20. The zero-order chi connectivity index (χ0) is 18.1. The first-order valence-electron chi connectivity index (χ1n) is 7.92. The van der Waals surface area contributed by atoms with Gasteiger partial charge in [0.25, 0.3) is 5.91 Å². The van der Waals surface area contributed by atoms with Gasteiger partial charge >= 0.3 is 0 Å². The highest BCUT2D eigenvalue weighted by molar-refractivity contribution is 6.31. The normalized spacial score (nSPS) is 10.8. The lowest BCUT2D eigenvalue weighted by molar-refractivity contribution is 0.102. The van der Waals surface area contributed by atoms with E-state index in [1.807, 2.05) is 24.4 Å². The number of pyridine rings is 1. The molecule has 0 saturated carbocycles. The van der Waals surface area contributed by atoms with Gasteiger partial charge in [-0.2, -0.15) is 0 Å². The molecule has 0 aliphatic carbocycles. The first-order chi connectivity index (χ1) is 12.6. The average Bonchev–Trinajstić information content (AvgIpc) is 3.01. The van der Waals surface area contributed by atoms with Crippen molar-refractivity contribution in [2.75, 3.05) is 5.32 Å². The Hall–Kier alpha value is -3.18. The fourth-order valence-electron chi connectivity index (χ4n) is 2.73. The summed E-state index contributed by atoms with van der Waals surface area (Å²) in [5, 5.41) is 3.38. The number of nitrogens with one attached hydrogen (secondary N) is 1. The molecule has 2 aromatic heterocycles. The Kier molecular flexibility index (Phi) is 4.14. The van der Waals surface area contributed by atoms with Gasteiger partial charge in [0.15, 0.2) is 0 Å². The van der Waals surface area contributed by atoms with Crippen molar-refractivity contribution in [1.29, 1.82) is 0 Å². The third-order valence-electron chi connectivity index (χ3n) is 3.97. The van der Waals surface area contributed by atoms with Gasteiger partial charge in [0.1, 0.15) is 23.0 Å². The molecule has 1 N–H and O–H groups in total. The summed E-state index contributed by atoms with van der Waals surface area (Å²) in [5.41, 5.74) is 2.38. The molecule has 0 unspecified atom stereocenters. The van der Waals surface area contributed by atoms with E-state index in [0.29, 0.717) is 33.3 Å². The van der Waals surface area contributed by atoms with Crippen molar-refractivity contribution in [3.05, 3.63) is 89.3 Å². The van der Waals surface area contributed by atoms with Gasteiger partial charge in [0.05, 0.1) is 0 Å². The molecule has 128 valence electrons. The molecule has 0 fully saturated rings. The summed E-state index contributed by atoms with van der Waals surface area (Å²) in [6.07, 6.45) is 1.81. The van der Waals surface area contributed by atoms with E-state index in [9.17, 15) is 9.18 Å². The van der Waals surface area contributed by atoms with Crippen LogP contribution >= 0.6 is 11.6 Å². The summed E-state index contributed by atoms with van der Waals surface area (Å²) in [6, 6.07) is 18.2. The number of carbonyl (C=O) groups is 1. The number of carbonyl (C=O) groups excluding carboxylic acids is 1. The maximum Gasteiger partial charge on any atom is 0.256 e. The van der Waals surface area contributed by atoms with Crippen molar-refractivity contribution >= 4 is 29.0 Å². The minimum absolute atomic E-state index is 0.304. The van der Waals surface area contributed by atoms with Crippen LogP contribution in [0.3, 0.4) is 0 Å². The minimum Gasteiger partial charge on any atom is -0.306 e. The highest BCUT2D eigenvalue weighted by atomic mass is 35.5. The number of fused-ring (bicyclic) bond motifs is 1. The van der Waals surface area contributed by atoms with E-state index in [-0.39, 0.29) is 11.7 Å². The van der Waals surface area contributed by atoms with Crippen LogP contribution in [0.5, 0.6) is 0 Å². The molecule has 2 aromatic carbocycles. The van der Waals surface area contributed by atoms with E-state index >= 15 is 0 Å². The largest absolute Gasteiger partial charge is 0.306 e. The number of hydrogen-bond donors (Lipinski definition) is 1. The molecule has 6 heteroatoms. The molecule has 0 aliphatic heterocycles.